The molecule has 0 fully saturated rings. The lowest BCUT2D eigenvalue weighted by Crippen LogP contribution is -2.39. The monoisotopic (exact) mass is 188 g/mol. The maximum atomic E-state index is 5.48. The minimum atomic E-state index is -1.88. The van der Waals surface area contributed by atoms with Gasteiger partial charge in [-0.25, -0.2) is 0 Å². The zero-order chi connectivity index (χ0) is 9.45. The molecule has 0 unspecified atom stereocenters. The molecule has 2 nitrogen and oxygen atoms in total. The van der Waals surface area contributed by atoms with Crippen LogP contribution in [0.2, 0.25) is 12.1 Å². The van der Waals surface area contributed by atoms with Crippen molar-refractivity contribution in [3.05, 3.63) is 12.7 Å². The molecule has 0 aliphatic heterocycles. The molecule has 0 radical (unpaired) electrons. The van der Waals surface area contributed by atoms with Crippen molar-refractivity contribution in [1.29, 1.82) is 0 Å². The van der Waals surface area contributed by atoms with Crippen molar-refractivity contribution in [1.82, 2.24) is 0 Å². The molecule has 0 aromatic heterocycles. The van der Waals surface area contributed by atoms with Gasteiger partial charge in [-0.2, -0.15) is 0 Å². The lowest BCUT2D eigenvalue weighted by atomic mass is 10.4. The maximum Gasteiger partial charge on any atom is 0.341 e. The molecule has 12 heavy (non-hydrogen) atoms. The second-order valence-electron chi connectivity index (χ2n) is 2.92. The number of hydrogen-bond donors (Lipinski definition) is 0. The molecular formula is C9H20O2Si. The Balaban J connectivity index is 4.03. The molecule has 0 aromatic rings. The van der Waals surface area contributed by atoms with E-state index in [1.807, 2.05) is 6.08 Å². The van der Waals surface area contributed by atoms with Crippen molar-refractivity contribution in [3.63, 3.8) is 0 Å². The predicted molar refractivity (Wildman–Crippen MR) is 54.5 cm³/mol. The molecule has 0 heterocycles. The topological polar surface area (TPSA) is 18.5 Å². The minimum Gasteiger partial charge on any atom is -0.397 e. The summed E-state index contributed by atoms with van der Waals surface area (Å²) in [5, 5.41) is 0. The Hall–Kier alpha value is -0.123. The van der Waals surface area contributed by atoms with Crippen molar-refractivity contribution in [2.75, 3.05) is 14.2 Å². The van der Waals surface area contributed by atoms with Gasteiger partial charge in [0.25, 0.3) is 0 Å². The van der Waals surface area contributed by atoms with Gasteiger partial charge in [-0.05, 0) is 6.04 Å². The van der Waals surface area contributed by atoms with E-state index in [4.69, 9.17) is 8.85 Å². The van der Waals surface area contributed by atoms with Gasteiger partial charge in [-0.1, -0.05) is 25.8 Å². The molecule has 0 amide bonds. The number of rotatable bonds is 7. The molecular weight excluding hydrogens is 168 g/mol. The molecule has 0 aliphatic carbocycles. The summed E-state index contributed by atoms with van der Waals surface area (Å²) >= 11 is 0. The van der Waals surface area contributed by atoms with E-state index in [0.717, 1.165) is 12.1 Å². The van der Waals surface area contributed by atoms with Crippen LogP contribution in [0, 0.1) is 0 Å². The predicted octanol–water partition coefficient (Wildman–Crippen LogP) is 2.71. The van der Waals surface area contributed by atoms with E-state index in [0.29, 0.717) is 0 Å². The Morgan fingerprint density at radius 3 is 2.25 bits per heavy atom. The Labute approximate surface area is 76.8 Å². The summed E-state index contributed by atoms with van der Waals surface area (Å²) in [4.78, 5) is 0. The first-order valence-electron chi connectivity index (χ1n) is 4.46. The van der Waals surface area contributed by atoms with Crippen LogP contribution in [-0.4, -0.2) is 22.8 Å². The first-order chi connectivity index (χ1) is 5.74. The van der Waals surface area contributed by atoms with Crippen LogP contribution in [0.4, 0.5) is 0 Å². The lowest BCUT2D eigenvalue weighted by molar-refractivity contribution is 0.244. The molecule has 0 saturated heterocycles. The van der Waals surface area contributed by atoms with E-state index in [-0.39, 0.29) is 0 Å². The normalized spacial score (nSPS) is 11.6. The number of unbranched alkanes of at least 4 members (excludes halogenated alkanes) is 1. The molecule has 3 heteroatoms. The van der Waals surface area contributed by atoms with Gasteiger partial charge in [0.15, 0.2) is 0 Å². The fourth-order valence-corrected chi connectivity index (χ4v) is 3.67. The number of allylic oxidation sites excluding steroid dienone is 1. The Morgan fingerprint density at radius 1 is 1.33 bits per heavy atom. The van der Waals surface area contributed by atoms with Crippen molar-refractivity contribution < 1.29 is 8.85 Å². The lowest BCUT2D eigenvalue weighted by Gasteiger charge is -2.25. The van der Waals surface area contributed by atoms with Crippen LogP contribution < -0.4 is 0 Å². The molecule has 72 valence electrons. The third kappa shape index (κ3) is 3.52. The van der Waals surface area contributed by atoms with Crippen LogP contribution in [0.1, 0.15) is 19.8 Å². The van der Waals surface area contributed by atoms with E-state index in [1.165, 1.54) is 12.8 Å². The van der Waals surface area contributed by atoms with Gasteiger partial charge in [0.1, 0.15) is 0 Å². The van der Waals surface area contributed by atoms with E-state index in [9.17, 15) is 0 Å². The van der Waals surface area contributed by atoms with Crippen molar-refractivity contribution in [3.8, 4) is 0 Å². The van der Waals surface area contributed by atoms with E-state index < -0.39 is 8.56 Å². The molecule has 0 aromatic carbocycles. The Bertz CT molecular complexity index is 122. The summed E-state index contributed by atoms with van der Waals surface area (Å²) < 4.78 is 11.0. The highest BCUT2D eigenvalue weighted by atomic mass is 28.4. The average Bonchev–Trinajstić information content (AvgIpc) is 2.13. The van der Waals surface area contributed by atoms with Gasteiger partial charge < -0.3 is 8.85 Å². The van der Waals surface area contributed by atoms with E-state index in [1.54, 1.807) is 14.2 Å². The summed E-state index contributed by atoms with van der Waals surface area (Å²) in [6, 6.07) is 1.96. The Morgan fingerprint density at radius 2 is 1.92 bits per heavy atom. The van der Waals surface area contributed by atoms with Gasteiger partial charge in [0.05, 0.1) is 0 Å². The van der Waals surface area contributed by atoms with Crippen LogP contribution in [-0.2, 0) is 8.85 Å². The second kappa shape index (κ2) is 6.40. The van der Waals surface area contributed by atoms with Crippen molar-refractivity contribution >= 4 is 8.56 Å². The molecule has 0 rings (SSSR count). The summed E-state index contributed by atoms with van der Waals surface area (Å²) in [6.45, 7) is 5.90. The summed E-state index contributed by atoms with van der Waals surface area (Å²) in [6.07, 6.45) is 4.27. The van der Waals surface area contributed by atoms with Crippen LogP contribution in [0.3, 0.4) is 0 Å². The SMILES string of the molecule is C=CC[Si](CCCC)(OC)OC. The van der Waals surface area contributed by atoms with Crippen LogP contribution in [0.25, 0.3) is 0 Å². The van der Waals surface area contributed by atoms with Gasteiger partial charge in [-0.3, -0.25) is 0 Å². The zero-order valence-electron chi connectivity index (χ0n) is 8.43. The van der Waals surface area contributed by atoms with Crippen molar-refractivity contribution in [2.45, 2.75) is 31.9 Å². The molecule has 0 N–H and O–H groups in total. The van der Waals surface area contributed by atoms with E-state index in [2.05, 4.69) is 13.5 Å². The van der Waals surface area contributed by atoms with E-state index >= 15 is 0 Å². The summed E-state index contributed by atoms with van der Waals surface area (Å²) in [7, 11) is 1.61. The van der Waals surface area contributed by atoms with Gasteiger partial charge in [0.2, 0.25) is 0 Å². The van der Waals surface area contributed by atoms with Gasteiger partial charge in [-0.15, -0.1) is 6.58 Å². The quantitative estimate of drug-likeness (QED) is 0.452. The second-order valence-corrected chi connectivity index (χ2v) is 6.46. The highest BCUT2D eigenvalue weighted by molar-refractivity contribution is 6.67. The number of hydrogen-bond acceptors (Lipinski definition) is 2. The highest BCUT2D eigenvalue weighted by Gasteiger charge is 2.32. The fourth-order valence-electron chi connectivity index (χ4n) is 1.22. The molecule has 0 spiro atoms. The van der Waals surface area contributed by atoms with Gasteiger partial charge in [0, 0.05) is 20.3 Å². The highest BCUT2D eigenvalue weighted by Crippen LogP contribution is 2.20. The smallest absolute Gasteiger partial charge is 0.341 e. The maximum absolute atomic E-state index is 5.48. The molecule has 0 bridgehead atoms. The standard InChI is InChI=1S/C9H20O2Si/c1-5-7-9-12(10-3,11-4)8-6-2/h6H,2,5,7-9H2,1,3-4H3. The molecule has 0 atom stereocenters. The third-order valence-electron chi connectivity index (χ3n) is 2.11. The Kier molecular flexibility index (Phi) is 6.33. The van der Waals surface area contributed by atoms with Crippen molar-refractivity contribution in [2.24, 2.45) is 0 Å². The van der Waals surface area contributed by atoms with Gasteiger partial charge >= 0.3 is 8.56 Å². The third-order valence-corrected chi connectivity index (χ3v) is 5.62. The first-order valence-corrected chi connectivity index (χ1v) is 6.69. The summed E-state index contributed by atoms with van der Waals surface area (Å²) in [5.41, 5.74) is 0. The first kappa shape index (κ1) is 11.9. The molecule has 0 aliphatic rings. The summed E-state index contributed by atoms with van der Waals surface area (Å²) in [5.74, 6) is 0. The van der Waals surface area contributed by atoms with Crippen LogP contribution in [0.5, 0.6) is 0 Å². The largest absolute Gasteiger partial charge is 0.397 e. The fraction of sp³-hybridized carbons (Fsp3) is 0.778. The zero-order valence-corrected chi connectivity index (χ0v) is 9.43. The van der Waals surface area contributed by atoms with Crippen LogP contribution >= 0.6 is 0 Å². The molecule has 0 saturated carbocycles. The minimum absolute atomic E-state index is 0.889. The van der Waals surface area contributed by atoms with Crippen LogP contribution in [0.15, 0.2) is 12.7 Å². The average molecular weight is 188 g/mol.